The molecule has 0 radical (unpaired) electrons. The molecule has 1 heterocycles. The first-order chi connectivity index (χ1) is 11.0. The van der Waals surface area contributed by atoms with E-state index in [2.05, 4.69) is 0 Å². The lowest BCUT2D eigenvalue weighted by Crippen LogP contribution is -2.06. The number of nitriles is 1. The normalized spacial score (nSPS) is 10.4. The van der Waals surface area contributed by atoms with Gasteiger partial charge in [-0.15, -0.1) is 0 Å². The first-order valence-electron chi connectivity index (χ1n) is 6.92. The van der Waals surface area contributed by atoms with Crippen LogP contribution in [0.1, 0.15) is 33.2 Å². The van der Waals surface area contributed by atoms with E-state index in [9.17, 15) is 14.7 Å². The van der Waals surface area contributed by atoms with E-state index in [1.165, 1.54) is 13.0 Å². The summed E-state index contributed by atoms with van der Waals surface area (Å²) >= 11 is 0. The van der Waals surface area contributed by atoms with E-state index in [0.29, 0.717) is 16.5 Å². The van der Waals surface area contributed by atoms with Crippen molar-refractivity contribution < 1.29 is 14.7 Å². The minimum Gasteiger partial charge on any atom is -0.494 e. The SMILES string of the molecule is CC(=O)n1c(O)c(C(=O)c2cccc(C#N)c2)c2ccccc21. The summed E-state index contributed by atoms with van der Waals surface area (Å²) in [6, 6.07) is 15.0. The van der Waals surface area contributed by atoms with Crippen LogP contribution in [0.5, 0.6) is 5.88 Å². The second-order valence-electron chi connectivity index (χ2n) is 5.09. The lowest BCUT2D eigenvalue weighted by atomic mass is 10.0. The molecule has 2 aromatic carbocycles. The lowest BCUT2D eigenvalue weighted by molar-refractivity contribution is 0.0933. The predicted octanol–water partition coefficient (Wildman–Crippen LogP) is 3.11. The van der Waals surface area contributed by atoms with E-state index in [1.54, 1.807) is 42.5 Å². The molecular weight excluding hydrogens is 292 g/mol. The number of nitrogens with zero attached hydrogens (tertiary/aromatic N) is 2. The Morgan fingerprint density at radius 2 is 1.87 bits per heavy atom. The van der Waals surface area contributed by atoms with E-state index in [4.69, 9.17) is 5.26 Å². The number of aromatic hydroxyl groups is 1. The van der Waals surface area contributed by atoms with Crippen LogP contribution in [-0.2, 0) is 0 Å². The first kappa shape index (κ1) is 14.5. The van der Waals surface area contributed by atoms with Crippen molar-refractivity contribution in [2.75, 3.05) is 0 Å². The Bertz CT molecular complexity index is 993. The Morgan fingerprint density at radius 3 is 2.57 bits per heavy atom. The van der Waals surface area contributed by atoms with Gasteiger partial charge in [0, 0.05) is 17.9 Å². The quantitative estimate of drug-likeness (QED) is 0.737. The van der Waals surface area contributed by atoms with Gasteiger partial charge in [-0.3, -0.25) is 14.2 Å². The first-order valence-corrected chi connectivity index (χ1v) is 6.92. The highest BCUT2D eigenvalue weighted by molar-refractivity contribution is 6.19. The molecule has 0 unspecified atom stereocenters. The minimum atomic E-state index is -0.434. The largest absolute Gasteiger partial charge is 0.494 e. The maximum absolute atomic E-state index is 12.8. The molecule has 23 heavy (non-hydrogen) atoms. The molecule has 1 N–H and O–H groups in total. The molecule has 0 spiro atoms. The van der Waals surface area contributed by atoms with Crippen LogP contribution < -0.4 is 0 Å². The van der Waals surface area contributed by atoms with Gasteiger partial charge < -0.3 is 5.11 Å². The molecule has 0 aliphatic heterocycles. The van der Waals surface area contributed by atoms with Gasteiger partial charge in [-0.1, -0.05) is 30.3 Å². The molecule has 1 aromatic heterocycles. The van der Waals surface area contributed by atoms with E-state index < -0.39 is 5.78 Å². The molecule has 0 fully saturated rings. The maximum Gasteiger partial charge on any atom is 0.230 e. The standard InChI is InChI=1S/C18H12N2O3/c1-11(21)20-15-8-3-2-7-14(15)16(18(20)23)17(22)13-6-4-5-12(9-13)10-19/h2-9,23H,1H3. The van der Waals surface area contributed by atoms with E-state index >= 15 is 0 Å². The van der Waals surface area contributed by atoms with Gasteiger partial charge in [0.05, 0.1) is 22.7 Å². The van der Waals surface area contributed by atoms with Crippen molar-refractivity contribution in [3.63, 3.8) is 0 Å². The monoisotopic (exact) mass is 304 g/mol. The van der Waals surface area contributed by atoms with Crippen LogP contribution in [0.2, 0.25) is 0 Å². The summed E-state index contributed by atoms with van der Waals surface area (Å²) in [5.41, 5.74) is 1.17. The number of carbonyl (C=O) groups excluding carboxylic acids is 2. The maximum atomic E-state index is 12.8. The van der Waals surface area contributed by atoms with Crippen molar-refractivity contribution in [3.05, 3.63) is 65.2 Å². The Morgan fingerprint density at radius 1 is 1.13 bits per heavy atom. The van der Waals surface area contributed by atoms with Gasteiger partial charge in [0.25, 0.3) is 0 Å². The van der Waals surface area contributed by atoms with Crippen LogP contribution in [0.3, 0.4) is 0 Å². The fourth-order valence-electron chi connectivity index (χ4n) is 2.64. The van der Waals surface area contributed by atoms with Crippen molar-refractivity contribution in [2.24, 2.45) is 0 Å². The number of para-hydroxylation sites is 1. The summed E-state index contributed by atoms with van der Waals surface area (Å²) < 4.78 is 1.11. The summed E-state index contributed by atoms with van der Waals surface area (Å²) in [4.78, 5) is 24.6. The molecule has 5 heteroatoms. The van der Waals surface area contributed by atoms with Crippen LogP contribution >= 0.6 is 0 Å². The predicted molar refractivity (Wildman–Crippen MR) is 84.5 cm³/mol. The van der Waals surface area contributed by atoms with Crippen LogP contribution in [0.15, 0.2) is 48.5 Å². The van der Waals surface area contributed by atoms with Gasteiger partial charge >= 0.3 is 0 Å². The number of hydrogen-bond donors (Lipinski definition) is 1. The van der Waals surface area contributed by atoms with Crippen LogP contribution in [0, 0.1) is 11.3 Å². The minimum absolute atomic E-state index is 0.0610. The van der Waals surface area contributed by atoms with E-state index in [1.807, 2.05) is 6.07 Å². The molecule has 0 atom stereocenters. The number of benzene rings is 2. The zero-order chi connectivity index (χ0) is 16.6. The van der Waals surface area contributed by atoms with Crippen molar-refractivity contribution in [3.8, 4) is 11.9 Å². The fraction of sp³-hybridized carbons (Fsp3) is 0.0556. The summed E-state index contributed by atoms with van der Waals surface area (Å²) in [5, 5.41) is 19.8. The summed E-state index contributed by atoms with van der Waals surface area (Å²) in [5.74, 6) is -1.20. The Kier molecular flexibility index (Phi) is 3.43. The molecule has 3 aromatic rings. The van der Waals surface area contributed by atoms with Crippen molar-refractivity contribution in [1.29, 1.82) is 5.26 Å². The number of fused-ring (bicyclic) bond motifs is 1. The third-order valence-corrected chi connectivity index (χ3v) is 3.65. The number of hydrogen-bond acceptors (Lipinski definition) is 4. The van der Waals surface area contributed by atoms with Gasteiger partial charge in [0.15, 0.2) is 5.78 Å². The summed E-state index contributed by atoms with van der Waals surface area (Å²) in [6.07, 6.45) is 0. The fourth-order valence-corrected chi connectivity index (χ4v) is 2.64. The topological polar surface area (TPSA) is 83.1 Å². The van der Waals surface area contributed by atoms with Gasteiger partial charge in [-0.2, -0.15) is 5.26 Å². The average Bonchev–Trinajstić information content (AvgIpc) is 2.86. The highest BCUT2D eigenvalue weighted by Crippen LogP contribution is 2.33. The molecule has 3 rings (SSSR count). The van der Waals surface area contributed by atoms with Crippen LogP contribution in [-0.4, -0.2) is 21.4 Å². The highest BCUT2D eigenvalue weighted by Gasteiger charge is 2.24. The Labute approximate surface area is 132 Å². The molecule has 5 nitrogen and oxygen atoms in total. The zero-order valence-electron chi connectivity index (χ0n) is 12.3. The van der Waals surface area contributed by atoms with Crippen molar-refractivity contribution >= 4 is 22.6 Å². The van der Waals surface area contributed by atoms with Crippen LogP contribution in [0.25, 0.3) is 10.9 Å². The van der Waals surface area contributed by atoms with Gasteiger partial charge in [0.1, 0.15) is 0 Å². The third-order valence-electron chi connectivity index (χ3n) is 3.65. The molecule has 112 valence electrons. The molecule has 0 amide bonds. The Balaban J connectivity index is 2.28. The van der Waals surface area contributed by atoms with Gasteiger partial charge in [0.2, 0.25) is 11.8 Å². The number of ketones is 1. The molecule has 0 bridgehead atoms. The molecule has 0 aliphatic rings. The number of carbonyl (C=O) groups is 2. The number of rotatable bonds is 2. The van der Waals surface area contributed by atoms with Crippen molar-refractivity contribution in [1.82, 2.24) is 4.57 Å². The Hall–Kier alpha value is -3.39. The van der Waals surface area contributed by atoms with E-state index in [-0.39, 0.29) is 22.9 Å². The molecular formula is C18H12N2O3. The van der Waals surface area contributed by atoms with Gasteiger partial charge in [-0.25, -0.2) is 0 Å². The van der Waals surface area contributed by atoms with Crippen molar-refractivity contribution in [2.45, 2.75) is 6.92 Å². The lowest BCUT2D eigenvalue weighted by Gasteiger charge is -2.02. The smallest absolute Gasteiger partial charge is 0.230 e. The van der Waals surface area contributed by atoms with E-state index in [0.717, 1.165) is 4.57 Å². The second-order valence-corrected chi connectivity index (χ2v) is 5.09. The van der Waals surface area contributed by atoms with Crippen LogP contribution in [0.4, 0.5) is 0 Å². The number of aromatic nitrogens is 1. The molecule has 0 aliphatic carbocycles. The summed E-state index contributed by atoms with van der Waals surface area (Å²) in [7, 11) is 0. The molecule has 0 saturated heterocycles. The third kappa shape index (κ3) is 2.27. The second kappa shape index (κ2) is 5.43. The average molecular weight is 304 g/mol. The van der Waals surface area contributed by atoms with Gasteiger partial charge in [-0.05, 0) is 18.2 Å². The zero-order valence-corrected chi connectivity index (χ0v) is 12.3. The highest BCUT2D eigenvalue weighted by atomic mass is 16.3. The summed E-state index contributed by atoms with van der Waals surface area (Å²) in [6.45, 7) is 1.32. The molecule has 0 saturated carbocycles.